The van der Waals surface area contributed by atoms with Crippen molar-refractivity contribution in [3.63, 3.8) is 0 Å². The molecule has 0 amide bonds. The van der Waals surface area contributed by atoms with Crippen molar-refractivity contribution in [1.29, 1.82) is 0 Å². The number of nitrogens with one attached hydrogen (secondary N) is 2. The van der Waals surface area contributed by atoms with Crippen LogP contribution in [0.3, 0.4) is 0 Å². The molecule has 0 aromatic carbocycles. The molecule has 0 saturated carbocycles. The number of H-pyrrole nitrogens is 1. The van der Waals surface area contributed by atoms with E-state index in [-0.39, 0.29) is 11.5 Å². The normalized spacial score (nSPS) is 16.0. The van der Waals surface area contributed by atoms with Gasteiger partial charge in [0.2, 0.25) is 5.95 Å². The highest BCUT2D eigenvalue weighted by atomic mass is 16.5. The van der Waals surface area contributed by atoms with Crippen LogP contribution in [0.2, 0.25) is 0 Å². The first-order valence-corrected chi connectivity index (χ1v) is 11.0. The predicted molar refractivity (Wildman–Crippen MR) is 124 cm³/mol. The molecule has 0 spiro atoms. The standard InChI is InChI=1S/C23H27N9O/c1-13-10-19(27-20-12-18(29-30-20)23(3,4)5)28-22(26-13)32-9-6-16(32)17-11-15(31-33-17)21-14(2)24-7-8-25-21/h7-8,10-12,16H,6,9H2,1-5H3,(H2,26,27,28,29,30)/t16-/m0/s1. The van der Waals surface area contributed by atoms with Crippen molar-refractivity contribution in [2.45, 2.75) is 52.5 Å². The van der Waals surface area contributed by atoms with Gasteiger partial charge in [-0.1, -0.05) is 25.9 Å². The lowest BCUT2D eigenvalue weighted by atomic mass is 9.92. The fraction of sp³-hybridized carbons (Fsp3) is 0.391. The van der Waals surface area contributed by atoms with Crippen LogP contribution >= 0.6 is 0 Å². The highest BCUT2D eigenvalue weighted by Crippen LogP contribution is 2.38. The molecule has 5 heterocycles. The highest BCUT2D eigenvalue weighted by Gasteiger charge is 2.35. The summed E-state index contributed by atoms with van der Waals surface area (Å²) >= 11 is 0. The van der Waals surface area contributed by atoms with Gasteiger partial charge in [0.15, 0.2) is 11.6 Å². The molecule has 0 unspecified atom stereocenters. The summed E-state index contributed by atoms with van der Waals surface area (Å²) in [5.41, 5.74) is 4.14. The van der Waals surface area contributed by atoms with Crippen LogP contribution in [0.5, 0.6) is 0 Å². The van der Waals surface area contributed by atoms with Gasteiger partial charge in [-0.2, -0.15) is 10.1 Å². The van der Waals surface area contributed by atoms with Crippen molar-refractivity contribution in [3.8, 4) is 11.4 Å². The first-order chi connectivity index (χ1) is 15.8. The lowest BCUT2D eigenvalue weighted by Gasteiger charge is -2.39. The lowest BCUT2D eigenvalue weighted by Crippen LogP contribution is -2.42. The van der Waals surface area contributed by atoms with Crippen molar-refractivity contribution in [3.05, 3.63) is 53.4 Å². The van der Waals surface area contributed by atoms with Crippen molar-refractivity contribution < 1.29 is 4.52 Å². The highest BCUT2D eigenvalue weighted by molar-refractivity contribution is 5.58. The number of nitrogens with zero attached hydrogens (tertiary/aromatic N) is 7. The Morgan fingerprint density at radius 3 is 2.58 bits per heavy atom. The van der Waals surface area contributed by atoms with Crippen LogP contribution in [0.15, 0.2) is 35.1 Å². The van der Waals surface area contributed by atoms with Crippen LogP contribution in [0, 0.1) is 13.8 Å². The number of aryl methyl sites for hydroxylation is 2. The molecule has 0 bridgehead atoms. The Morgan fingerprint density at radius 2 is 1.88 bits per heavy atom. The van der Waals surface area contributed by atoms with E-state index in [2.05, 4.69) is 61.3 Å². The van der Waals surface area contributed by atoms with Crippen LogP contribution in [-0.2, 0) is 5.41 Å². The van der Waals surface area contributed by atoms with Crippen LogP contribution in [0.1, 0.15) is 56.1 Å². The molecule has 170 valence electrons. The maximum atomic E-state index is 5.68. The quantitative estimate of drug-likeness (QED) is 0.464. The zero-order valence-electron chi connectivity index (χ0n) is 19.4. The Balaban J connectivity index is 1.36. The van der Waals surface area contributed by atoms with Gasteiger partial charge in [-0.05, 0) is 20.3 Å². The number of hydrogen-bond donors (Lipinski definition) is 2. The van der Waals surface area contributed by atoms with E-state index < -0.39 is 0 Å². The summed E-state index contributed by atoms with van der Waals surface area (Å²) in [5, 5.41) is 15.0. The van der Waals surface area contributed by atoms with E-state index >= 15 is 0 Å². The second kappa shape index (κ2) is 7.95. The second-order valence-electron chi connectivity index (χ2n) is 9.34. The predicted octanol–water partition coefficient (Wildman–Crippen LogP) is 4.25. The summed E-state index contributed by atoms with van der Waals surface area (Å²) in [6.07, 6.45) is 4.26. The first-order valence-electron chi connectivity index (χ1n) is 11.0. The van der Waals surface area contributed by atoms with Crippen molar-refractivity contribution in [1.82, 2.24) is 35.3 Å². The average molecular weight is 446 g/mol. The molecule has 4 aromatic rings. The van der Waals surface area contributed by atoms with Crippen molar-refractivity contribution in [2.24, 2.45) is 0 Å². The lowest BCUT2D eigenvalue weighted by molar-refractivity contribution is 0.315. The van der Waals surface area contributed by atoms with E-state index in [0.717, 1.165) is 47.3 Å². The fourth-order valence-electron chi connectivity index (χ4n) is 3.79. The Labute approximate surface area is 191 Å². The van der Waals surface area contributed by atoms with Gasteiger partial charge in [0.1, 0.15) is 17.2 Å². The maximum Gasteiger partial charge on any atom is 0.228 e. The molecular formula is C23H27N9O. The molecule has 1 aliphatic heterocycles. The molecule has 2 N–H and O–H groups in total. The molecule has 1 atom stereocenters. The number of aromatic nitrogens is 7. The topological polar surface area (TPSA) is 122 Å². The number of aromatic amines is 1. The number of hydrogen-bond acceptors (Lipinski definition) is 9. The molecule has 33 heavy (non-hydrogen) atoms. The fourth-order valence-corrected chi connectivity index (χ4v) is 3.79. The molecule has 1 saturated heterocycles. The summed E-state index contributed by atoms with van der Waals surface area (Å²) in [5.74, 6) is 2.84. The molecule has 0 aliphatic carbocycles. The maximum absolute atomic E-state index is 5.68. The van der Waals surface area contributed by atoms with Gasteiger partial charge in [0, 0.05) is 53.9 Å². The minimum atomic E-state index is -0.00959. The van der Waals surface area contributed by atoms with Gasteiger partial charge in [-0.3, -0.25) is 15.1 Å². The van der Waals surface area contributed by atoms with E-state index in [4.69, 9.17) is 9.51 Å². The van der Waals surface area contributed by atoms with Crippen LogP contribution in [-0.4, -0.2) is 41.8 Å². The van der Waals surface area contributed by atoms with E-state index in [1.807, 2.05) is 32.0 Å². The second-order valence-corrected chi connectivity index (χ2v) is 9.34. The molecule has 1 fully saturated rings. The van der Waals surface area contributed by atoms with E-state index in [1.165, 1.54) is 0 Å². The molecule has 10 heteroatoms. The molecule has 5 rings (SSSR count). The summed E-state index contributed by atoms with van der Waals surface area (Å²) in [6, 6.07) is 5.87. The number of rotatable bonds is 5. The van der Waals surface area contributed by atoms with Gasteiger partial charge in [-0.25, -0.2) is 4.98 Å². The molecule has 1 aliphatic rings. The minimum Gasteiger partial charge on any atom is -0.358 e. The zero-order valence-corrected chi connectivity index (χ0v) is 19.4. The molecule has 4 aromatic heterocycles. The molecule has 0 radical (unpaired) electrons. The van der Waals surface area contributed by atoms with Gasteiger partial charge in [-0.15, -0.1) is 0 Å². The largest absolute Gasteiger partial charge is 0.358 e. The Hall–Kier alpha value is -3.82. The minimum absolute atomic E-state index is 0.00959. The Kier molecular flexibility index (Phi) is 5.07. The molecule has 10 nitrogen and oxygen atoms in total. The summed E-state index contributed by atoms with van der Waals surface area (Å²) < 4.78 is 5.68. The van der Waals surface area contributed by atoms with Gasteiger partial charge in [0.05, 0.1) is 11.7 Å². The Bertz CT molecular complexity index is 1290. The zero-order chi connectivity index (χ0) is 23.2. The van der Waals surface area contributed by atoms with E-state index in [1.54, 1.807) is 12.4 Å². The van der Waals surface area contributed by atoms with Crippen LogP contribution in [0.4, 0.5) is 17.6 Å². The van der Waals surface area contributed by atoms with Crippen LogP contribution < -0.4 is 10.2 Å². The summed E-state index contributed by atoms with van der Waals surface area (Å²) in [6.45, 7) is 11.1. The van der Waals surface area contributed by atoms with Crippen molar-refractivity contribution >= 4 is 17.6 Å². The third kappa shape index (κ3) is 4.15. The first kappa shape index (κ1) is 21.0. The van der Waals surface area contributed by atoms with Crippen molar-refractivity contribution in [2.75, 3.05) is 16.8 Å². The summed E-state index contributed by atoms with van der Waals surface area (Å²) in [4.78, 5) is 20.2. The van der Waals surface area contributed by atoms with E-state index in [9.17, 15) is 0 Å². The van der Waals surface area contributed by atoms with Gasteiger partial charge in [0.25, 0.3) is 0 Å². The Morgan fingerprint density at radius 1 is 1.06 bits per heavy atom. The smallest absolute Gasteiger partial charge is 0.228 e. The van der Waals surface area contributed by atoms with Gasteiger partial charge < -0.3 is 14.7 Å². The summed E-state index contributed by atoms with van der Waals surface area (Å²) in [7, 11) is 0. The van der Waals surface area contributed by atoms with E-state index in [0.29, 0.717) is 17.5 Å². The third-order valence-electron chi connectivity index (χ3n) is 5.74. The average Bonchev–Trinajstić information content (AvgIpc) is 3.37. The monoisotopic (exact) mass is 445 g/mol. The SMILES string of the molecule is Cc1cc(Nc2cc(C(C)(C)C)[nH]n2)nc(N2CC[C@H]2c2cc(-c3nccnc3C)no2)n1. The molecular weight excluding hydrogens is 418 g/mol. The van der Waals surface area contributed by atoms with Gasteiger partial charge >= 0.3 is 0 Å². The third-order valence-corrected chi connectivity index (χ3v) is 5.74. The number of anilines is 3. The van der Waals surface area contributed by atoms with Crippen LogP contribution in [0.25, 0.3) is 11.4 Å².